The third kappa shape index (κ3) is 6.97. The molecule has 2 aromatic heterocycles. The van der Waals surface area contributed by atoms with E-state index in [9.17, 15) is 26.4 Å². The number of piperazine rings is 1. The highest BCUT2D eigenvalue weighted by molar-refractivity contribution is 7.88. The summed E-state index contributed by atoms with van der Waals surface area (Å²) in [7, 11) is -4.11. The molecule has 0 saturated carbocycles. The summed E-state index contributed by atoms with van der Waals surface area (Å²) in [6, 6.07) is 20.5. The second-order valence-electron chi connectivity index (χ2n) is 12.2. The van der Waals surface area contributed by atoms with Crippen LogP contribution in [0.5, 0.6) is 0 Å². The first-order valence-electron chi connectivity index (χ1n) is 15.7. The Labute approximate surface area is 287 Å². The van der Waals surface area contributed by atoms with Gasteiger partial charge in [0.15, 0.2) is 4.21 Å². The van der Waals surface area contributed by atoms with Crippen molar-refractivity contribution in [2.24, 2.45) is 0 Å². The molecule has 48 heavy (non-hydrogen) atoms. The largest absolute Gasteiger partial charge is 0.432 e. The zero-order valence-corrected chi connectivity index (χ0v) is 28.7. The van der Waals surface area contributed by atoms with Gasteiger partial charge in [-0.05, 0) is 54.4 Å². The van der Waals surface area contributed by atoms with Gasteiger partial charge in [0.25, 0.3) is 0 Å². The number of benzene rings is 2. The highest BCUT2D eigenvalue weighted by Gasteiger charge is 2.57. The Morgan fingerprint density at radius 3 is 2.31 bits per heavy atom. The standard InChI is InChI=1S/C34H35ClF3N5O3S2/c1-24-6-5-19-43(24,48(45,46)32-14-13-30(35)47-32)33(44)39-22-26-20-29(27-9-11-28(12-10-27)34(36,37)38)40-31(21-26)42-17-15-41(16-18-42)23-25-7-3-2-4-8-25/h2-4,7-14,20-21,24H,5-6,15-19,22-23H2,1H3/p+1/t24-,43?/m1/s1. The summed E-state index contributed by atoms with van der Waals surface area (Å²) in [5.74, 6) is 0.635. The van der Waals surface area contributed by atoms with Crippen molar-refractivity contribution in [1.29, 1.82) is 0 Å². The number of sulfonamides is 1. The second-order valence-corrected chi connectivity index (χ2v) is 16.3. The summed E-state index contributed by atoms with van der Waals surface area (Å²) < 4.78 is 67.4. The number of anilines is 1. The van der Waals surface area contributed by atoms with Crippen LogP contribution in [0.15, 0.2) is 83.1 Å². The molecular weight excluding hydrogens is 683 g/mol. The topological polar surface area (TPSA) is 82.6 Å². The Kier molecular flexibility index (Phi) is 9.88. The molecule has 254 valence electrons. The molecule has 1 unspecified atom stereocenters. The number of rotatable bonds is 8. The molecule has 0 radical (unpaired) electrons. The summed E-state index contributed by atoms with van der Waals surface area (Å²) in [6.07, 6.45) is -3.33. The number of likely N-dealkylation sites (tertiary alicyclic amines) is 1. The fourth-order valence-corrected chi connectivity index (χ4v) is 10.3. The van der Waals surface area contributed by atoms with E-state index in [2.05, 4.69) is 27.2 Å². The second kappa shape index (κ2) is 13.8. The molecule has 2 saturated heterocycles. The Hall–Kier alpha value is -3.49. The van der Waals surface area contributed by atoms with Gasteiger partial charge in [-0.25, -0.2) is 9.78 Å². The van der Waals surface area contributed by atoms with E-state index in [1.54, 1.807) is 13.0 Å². The van der Waals surface area contributed by atoms with Crippen LogP contribution in [0, 0.1) is 0 Å². The van der Waals surface area contributed by atoms with Gasteiger partial charge < -0.3 is 10.2 Å². The van der Waals surface area contributed by atoms with Gasteiger partial charge in [-0.3, -0.25) is 4.90 Å². The van der Waals surface area contributed by atoms with Crippen molar-refractivity contribution in [2.75, 3.05) is 37.6 Å². The van der Waals surface area contributed by atoms with E-state index in [1.165, 1.54) is 29.8 Å². The average molecular weight is 719 g/mol. The number of pyridine rings is 1. The van der Waals surface area contributed by atoms with Crippen LogP contribution in [0.1, 0.15) is 36.5 Å². The number of alkyl halides is 3. The first kappa shape index (κ1) is 34.4. The summed E-state index contributed by atoms with van der Waals surface area (Å²) in [6.45, 7) is 5.67. The molecular formula is C34H36ClF3N5O3S2+. The zero-order valence-electron chi connectivity index (χ0n) is 26.3. The first-order valence-corrected chi connectivity index (χ1v) is 18.4. The number of hydrogen-bond donors (Lipinski definition) is 1. The van der Waals surface area contributed by atoms with E-state index >= 15 is 0 Å². The predicted octanol–water partition coefficient (Wildman–Crippen LogP) is 7.40. The molecule has 6 rings (SSSR count). The monoisotopic (exact) mass is 718 g/mol. The molecule has 2 aliphatic rings. The van der Waals surface area contributed by atoms with Crippen molar-refractivity contribution in [1.82, 2.24) is 15.2 Å². The van der Waals surface area contributed by atoms with Crippen LogP contribution in [0.3, 0.4) is 0 Å². The number of carbonyl (C=O) groups excluding carboxylic acids is 1. The van der Waals surface area contributed by atoms with Gasteiger partial charge in [-0.2, -0.15) is 21.6 Å². The van der Waals surface area contributed by atoms with Crippen LogP contribution in [0.25, 0.3) is 11.3 Å². The van der Waals surface area contributed by atoms with E-state index < -0.39 is 37.7 Å². The number of nitrogens with zero attached hydrogens (tertiary/aromatic N) is 4. The Morgan fingerprint density at radius 1 is 1.00 bits per heavy atom. The number of carbonyl (C=O) groups is 1. The van der Waals surface area contributed by atoms with Crippen LogP contribution < -0.4 is 10.2 Å². The van der Waals surface area contributed by atoms with Crippen molar-refractivity contribution in [3.05, 3.63) is 99.9 Å². The van der Waals surface area contributed by atoms with Gasteiger partial charge in [0, 0.05) is 57.7 Å². The highest BCUT2D eigenvalue weighted by atomic mass is 35.5. The number of quaternary nitrogens is 1. The van der Waals surface area contributed by atoms with E-state index in [-0.39, 0.29) is 17.3 Å². The van der Waals surface area contributed by atoms with Crippen LogP contribution in [-0.2, 0) is 29.3 Å². The number of hydrogen-bond acceptors (Lipinski definition) is 7. The molecule has 2 aromatic carbocycles. The van der Waals surface area contributed by atoms with Crippen molar-refractivity contribution >= 4 is 44.8 Å². The Bertz CT molecular complexity index is 1860. The molecule has 2 fully saturated rings. The average Bonchev–Trinajstić information content (AvgIpc) is 3.70. The van der Waals surface area contributed by atoms with Crippen molar-refractivity contribution < 1.29 is 30.3 Å². The summed E-state index contributed by atoms with van der Waals surface area (Å²) >= 11 is 7.00. The van der Waals surface area contributed by atoms with Crippen LogP contribution >= 0.6 is 22.9 Å². The molecule has 4 heterocycles. The number of aromatic nitrogens is 1. The molecule has 0 aliphatic carbocycles. The number of nitrogens with one attached hydrogen (secondary N) is 1. The molecule has 1 N–H and O–H groups in total. The molecule has 2 aliphatic heterocycles. The van der Waals surface area contributed by atoms with Gasteiger partial charge in [0.05, 0.1) is 15.6 Å². The summed E-state index contributed by atoms with van der Waals surface area (Å²) in [5, 5.41) is 2.89. The third-order valence-corrected chi connectivity index (χ3v) is 13.3. The van der Waals surface area contributed by atoms with Crippen molar-refractivity contribution in [2.45, 2.75) is 49.3 Å². The SMILES string of the molecule is C[C@@H]1CCC[N+]1(C(=O)NCc1cc(-c2ccc(C(F)(F)F)cc2)nc(N2CCN(Cc3ccccc3)CC2)c1)S(=O)(=O)c1ccc(Cl)s1. The lowest BCUT2D eigenvalue weighted by Crippen LogP contribution is -2.62. The third-order valence-electron chi connectivity index (χ3n) is 9.17. The van der Waals surface area contributed by atoms with Gasteiger partial charge >= 0.3 is 22.2 Å². The van der Waals surface area contributed by atoms with Crippen molar-refractivity contribution in [3.63, 3.8) is 0 Å². The molecule has 2 atom stereocenters. The minimum atomic E-state index is -4.47. The van der Waals surface area contributed by atoms with Gasteiger partial charge in [-0.1, -0.05) is 54.1 Å². The molecule has 0 spiro atoms. The van der Waals surface area contributed by atoms with Crippen molar-refractivity contribution in [3.8, 4) is 11.3 Å². The maximum atomic E-state index is 14.0. The summed E-state index contributed by atoms with van der Waals surface area (Å²) in [5.41, 5.74) is 2.07. The van der Waals surface area contributed by atoms with E-state index in [1.807, 2.05) is 24.3 Å². The van der Waals surface area contributed by atoms with Gasteiger partial charge in [0.2, 0.25) is 0 Å². The fraction of sp³-hybridized carbons (Fsp3) is 0.353. The highest BCUT2D eigenvalue weighted by Crippen LogP contribution is 2.39. The Balaban J connectivity index is 1.26. The number of amides is 2. The predicted molar refractivity (Wildman–Crippen MR) is 181 cm³/mol. The van der Waals surface area contributed by atoms with Crippen LogP contribution in [-0.4, -0.2) is 67.0 Å². The minimum Gasteiger partial charge on any atom is -0.354 e. The van der Waals surface area contributed by atoms with E-state index in [0.29, 0.717) is 52.9 Å². The van der Waals surface area contributed by atoms with E-state index in [0.717, 1.165) is 43.1 Å². The number of halogens is 4. The molecule has 14 heteroatoms. The molecule has 4 aromatic rings. The van der Waals surface area contributed by atoms with Gasteiger partial charge in [-0.15, -0.1) is 15.2 Å². The fourth-order valence-electron chi connectivity index (χ4n) is 6.52. The van der Waals surface area contributed by atoms with Crippen LogP contribution in [0.2, 0.25) is 4.34 Å². The van der Waals surface area contributed by atoms with Crippen LogP contribution in [0.4, 0.5) is 23.8 Å². The molecule has 0 bridgehead atoms. The lowest BCUT2D eigenvalue weighted by molar-refractivity contribution is -0.733. The minimum absolute atomic E-state index is 0.00337. The number of thiophene rings is 1. The molecule has 2 amide bonds. The lowest BCUT2D eigenvalue weighted by Gasteiger charge is -2.36. The normalized spacial score (nSPS) is 20.6. The number of urea groups is 1. The van der Waals surface area contributed by atoms with E-state index in [4.69, 9.17) is 16.6 Å². The van der Waals surface area contributed by atoms with Gasteiger partial charge in [0.1, 0.15) is 18.4 Å². The summed E-state index contributed by atoms with van der Waals surface area (Å²) in [4.78, 5) is 23.3. The molecule has 8 nitrogen and oxygen atoms in total. The zero-order chi connectivity index (χ0) is 34.1. The first-order chi connectivity index (χ1) is 22.9. The quantitative estimate of drug-likeness (QED) is 0.191. The maximum Gasteiger partial charge on any atom is 0.432 e. The smallest absolute Gasteiger partial charge is 0.354 e. The maximum absolute atomic E-state index is 14.0. The lowest BCUT2D eigenvalue weighted by atomic mass is 10.1. The Morgan fingerprint density at radius 2 is 1.71 bits per heavy atom.